The zero-order valence-electron chi connectivity index (χ0n) is 18.5. The van der Waals surface area contributed by atoms with Gasteiger partial charge in [-0.05, 0) is 64.8 Å². The van der Waals surface area contributed by atoms with Gasteiger partial charge in [0.05, 0.1) is 18.0 Å². The van der Waals surface area contributed by atoms with Crippen molar-refractivity contribution in [2.45, 2.75) is 51.0 Å². The predicted molar refractivity (Wildman–Crippen MR) is 115 cm³/mol. The number of rotatable bonds is 7. The van der Waals surface area contributed by atoms with E-state index in [4.69, 9.17) is 4.74 Å². The van der Waals surface area contributed by atoms with E-state index in [0.717, 1.165) is 0 Å². The molecule has 9 heteroatoms. The first kappa shape index (κ1) is 24.1. The minimum Gasteiger partial charge on any atom is -0.494 e. The van der Waals surface area contributed by atoms with Crippen molar-refractivity contribution in [3.05, 3.63) is 24.3 Å². The summed E-state index contributed by atoms with van der Waals surface area (Å²) in [4.78, 5) is 26.4. The Morgan fingerprint density at radius 3 is 2.23 bits per heavy atom. The summed E-state index contributed by atoms with van der Waals surface area (Å²) in [6.45, 7) is 8.56. The van der Waals surface area contributed by atoms with Gasteiger partial charge in [0.1, 0.15) is 5.75 Å². The Labute approximate surface area is 179 Å². The van der Waals surface area contributed by atoms with Crippen LogP contribution in [0.4, 0.5) is 0 Å². The molecule has 0 saturated carbocycles. The van der Waals surface area contributed by atoms with Gasteiger partial charge in [-0.2, -0.15) is 4.31 Å². The standard InChI is InChI=1S/C21H33N3O5S/c1-6-29-17-7-9-18(10-8-17)30(27,28)24-13-11-16(12-14-24)20(26)23(5)15-19(25)22-21(2,3)4/h7-10,16H,6,11-15H2,1-5H3,(H,22,25). The lowest BCUT2D eigenvalue weighted by Crippen LogP contribution is -2.48. The third kappa shape index (κ3) is 6.43. The molecular formula is C21H33N3O5S. The van der Waals surface area contributed by atoms with Crippen LogP contribution < -0.4 is 10.1 Å². The molecule has 1 N–H and O–H groups in total. The zero-order chi connectivity index (χ0) is 22.5. The van der Waals surface area contributed by atoms with Gasteiger partial charge in [0.15, 0.2) is 0 Å². The minimum absolute atomic E-state index is 0.0131. The molecule has 2 rings (SSSR count). The molecule has 0 unspecified atom stereocenters. The molecule has 30 heavy (non-hydrogen) atoms. The van der Waals surface area contributed by atoms with Crippen LogP contribution >= 0.6 is 0 Å². The summed E-state index contributed by atoms with van der Waals surface area (Å²) in [6, 6.07) is 6.37. The number of likely N-dealkylation sites (N-methyl/N-ethyl adjacent to an activating group) is 1. The summed E-state index contributed by atoms with van der Waals surface area (Å²) in [5.74, 6) is -0.00505. The first-order valence-electron chi connectivity index (χ1n) is 10.2. The zero-order valence-corrected chi connectivity index (χ0v) is 19.3. The highest BCUT2D eigenvalue weighted by atomic mass is 32.2. The average Bonchev–Trinajstić information content (AvgIpc) is 2.66. The first-order chi connectivity index (χ1) is 13.9. The molecule has 1 heterocycles. The number of piperidine rings is 1. The predicted octanol–water partition coefficient (Wildman–Crippen LogP) is 1.86. The fraction of sp³-hybridized carbons (Fsp3) is 0.619. The van der Waals surface area contributed by atoms with E-state index in [-0.39, 0.29) is 47.8 Å². The molecule has 0 radical (unpaired) electrons. The Morgan fingerprint density at radius 1 is 1.17 bits per heavy atom. The highest BCUT2D eigenvalue weighted by Gasteiger charge is 2.33. The summed E-state index contributed by atoms with van der Waals surface area (Å²) in [6.07, 6.45) is 0.862. The second kappa shape index (κ2) is 9.78. The van der Waals surface area contributed by atoms with Crippen molar-refractivity contribution < 1.29 is 22.7 Å². The number of amides is 2. The Balaban J connectivity index is 1.93. The fourth-order valence-electron chi connectivity index (χ4n) is 3.43. The third-order valence-corrected chi connectivity index (χ3v) is 6.76. The van der Waals surface area contributed by atoms with E-state index in [1.54, 1.807) is 31.3 Å². The van der Waals surface area contributed by atoms with Crippen LogP contribution in [0.25, 0.3) is 0 Å². The molecule has 1 aromatic carbocycles. The molecule has 1 aliphatic rings. The molecule has 1 fully saturated rings. The van der Waals surface area contributed by atoms with E-state index >= 15 is 0 Å². The van der Waals surface area contributed by atoms with Crippen LogP contribution in [0.5, 0.6) is 5.75 Å². The number of ether oxygens (including phenoxy) is 1. The van der Waals surface area contributed by atoms with Crippen LogP contribution in [0.15, 0.2) is 29.2 Å². The second-order valence-corrected chi connectivity index (χ2v) is 10.5. The van der Waals surface area contributed by atoms with Gasteiger partial charge in [-0.1, -0.05) is 0 Å². The normalized spacial score (nSPS) is 16.2. The van der Waals surface area contributed by atoms with Crippen molar-refractivity contribution in [3.8, 4) is 5.75 Å². The summed E-state index contributed by atoms with van der Waals surface area (Å²) in [7, 11) is -2.01. The van der Waals surface area contributed by atoms with Gasteiger partial charge in [-0.15, -0.1) is 0 Å². The first-order valence-corrected chi connectivity index (χ1v) is 11.7. The number of nitrogens with zero attached hydrogens (tertiary/aromatic N) is 2. The van der Waals surface area contributed by atoms with Crippen molar-refractivity contribution >= 4 is 21.8 Å². The SMILES string of the molecule is CCOc1ccc(S(=O)(=O)N2CCC(C(=O)N(C)CC(=O)NC(C)(C)C)CC2)cc1. The van der Waals surface area contributed by atoms with Crippen molar-refractivity contribution in [2.24, 2.45) is 5.92 Å². The number of carbonyl (C=O) groups is 2. The lowest BCUT2D eigenvalue weighted by Gasteiger charge is -2.32. The van der Waals surface area contributed by atoms with Gasteiger partial charge in [-0.3, -0.25) is 9.59 Å². The highest BCUT2D eigenvalue weighted by Crippen LogP contribution is 2.26. The smallest absolute Gasteiger partial charge is 0.243 e. The third-order valence-electron chi connectivity index (χ3n) is 4.85. The Hall–Kier alpha value is -2.13. The maximum atomic E-state index is 12.9. The van der Waals surface area contributed by atoms with E-state index in [0.29, 0.717) is 25.2 Å². The van der Waals surface area contributed by atoms with Crippen LogP contribution in [-0.4, -0.2) is 68.3 Å². The topological polar surface area (TPSA) is 96.0 Å². The van der Waals surface area contributed by atoms with Gasteiger partial charge in [-0.25, -0.2) is 8.42 Å². The van der Waals surface area contributed by atoms with E-state index in [1.165, 1.54) is 9.21 Å². The molecule has 1 saturated heterocycles. The Morgan fingerprint density at radius 2 is 1.73 bits per heavy atom. The largest absolute Gasteiger partial charge is 0.494 e. The van der Waals surface area contributed by atoms with Crippen molar-refractivity contribution in [1.29, 1.82) is 0 Å². The molecule has 8 nitrogen and oxygen atoms in total. The van der Waals surface area contributed by atoms with Crippen LogP contribution in [0, 0.1) is 5.92 Å². The summed E-state index contributed by atoms with van der Waals surface area (Å²) in [5, 5.41) is 2.84. The molecule has 2 amide bonds. The van der Waals surface area contributed by atoms with Gasteiger partial charge >= 0.3 is 0 Å². The van der Waals surface area contributed by atoms with Crippen LogP contribution in [-0.2, 0) is 19.6 Å². The monoisotopic (exact) mass is 439 g/mol. The quantitative estimate of drug-likeness (QED) is 0.700. The number of carbonyl (C=O) groups excluding carboxylic acids is 2. The van der Waals surface area contributed by atoms with Crippen LogP contribution in [0.2, 0.25) is 0 Å². The van der Waals surface area contributed by atoms with E-state index in [1.807, 2.05) is 27.7 Å². The molecule has 0 atom stereocenters. The maximum absolute atomic E-state index is 12.9. The Bertz CT molecular complexity index is 838. The van der Waals surface area contributed by atoms with Gasteiger partial charge in [0.2, 0.25) is 21.8 Å². The molecule has 0 aliphatic carbocycles. The van der Waals surface area contributed by atoms with E-state index in [9.17, 15) is 18.0 Å². The summed E-state index contributed by atoms with van der Waals surface area (Å²) >= 11 is 0. The molecule has 1 aromatic rings. The average molecular weight is 440 g/mol. The van der Waals surface area contributed by atoms with Gasteiger partial charge < -0.3 is 15.0 Å². The number of hydrogen-bond acceptors (Lipinski definition) is 5. The molecule has 168 valence electrons. The van der Waals surface area contributed by atoms with Crippen molar-refractivity contribution in [1.82, 2.24) is 14.5 Å². The van der Waals surface area contributed by atoms with Crippen LogP contribution in [0.1, 0.15) is 40.5 Å². The minimum atomic E-state index is -3.61. The Kier molecular flexibility index (Phi) is 7.87. The summed E-state index contributed by atoms with van der Waals surface area (Å²) < 4.78 is 32.5. The second-order valence-electron chi connectivity index (χ2n) is 8.58. The fourth-order valence-corrected chi connectivity index (χ4v) is 4.90. The number of benzene rings is 1. The number of nitrogens with one attached hydrogen (secondary N) is 1. The van der Waals surface area contributed by atoms with E-state index in [2.05, 4.69) is 5.32 Å². The molecule has 0 bridgehead atoms. The summed E-state index contributed by atoms with van der Waals surface area (Å²) in [5.41, 5.74) is -0.360. The molecule has 0 aromatic heterocycles. The lowest BCUT2D eigenvalue weighted by molar-refractivity contribution is -0.139. The maximum Gasteiger partial charge on any atom is 0.243 e. The van der Waals surface area contributed by atoms with Crippen molar-refractivity contribution in [2.75, 3.05) is 33.3 Å². The molecule has 0 spiro atoms. The molecular weight excluding hydrogens is 406 g/mol. The molecule has 1 aliphatic heterocycles. The number of sulfonamides is 1. The van der Waals surface area contributed by atoms with Crippen LogP contribution in [0.3, 0.4) is 0 Å². The highest BCUT2D eigenvalue weighted by molar-refractivity contribution is 7.89. The van der Waals surface area contributed by atoms with Gasteiger partial charge in [0, 0.05) is 31.6 Å². The van der Waals surface area contributed by atoms with Crippen molar-refractivity contribution in [3.63, 3.8) is 0 Å². The number of hydrogen-bond donors (Lipinski definition) is 1. The van der Waals surface area contributed by atoms with E-state index < -0.39 is 10.0 Å². The lowest BCUT2D eigenvalue weighted by atomic mass is 9.96. The van der Waals surface area contributed by atoms with Gasteiger partial charge in [0.25, 0.3) is 0 Å².